The molecule has 0 aliphatic carbocycles. The summed E-state index contributed by atoms with van der Waals surface area (Å²) >= 11 is 1.41. The Hall–Kier alpha value is -2.41. The minimum Gasteiger partial charge on any atom is -0.494 e. The van der Waals surface area contributed by atoms with Crippen molar-refractivity contribution in [1.82, 2.24) is 4.98 Å². The number of benzene rings is 1. The van der Waals surface area contributed by atoms with E-state index >= 15 is 0 Å². The van der Waals surface area contributed by atoms with Crippen LogP contribution in [0.4, 0.5) is 10.8 Å². The molecular weight excluding hydrogens is 362 g/mol. The molecule has 144 valence electrons. The Bertz CT molecular complexity index is 824. The van der Waals surface area contributed by atoms with Crippen LogP contribution >= 0.6 is 11.3 Å². The number of ether oxygens (including phenoxy) is 1. The molecule has 3 rings (SSSR count). The number of carbonyl (C=O) groups excluding carboxylic acids is 2. The Morgan fingerprint density at radius 1 is 1.33 bits per heavy atom. The van der Waals surface area contributed by atoms with Crippen molar-refractivity contribution in [2.24, 2.45) is 5.92 Å². The lowest BCUT2D eigenvalue weighted by Crippen LogP contribution is -2.28. The summed E-state index contributed by atoms with van der Waals surface area (Å²) < 4.78 is 5.43. The van der Waals surface area contributed by atoms with Gasteiger partial charge in [0, 0.05) is 29.4 Å². The van der Waals surface area contributed by atoms with Crippen molar-refractivity contribution in [3.8, 4) is 5.75 Å². The van der Waals surface area contributed by atoms with E-state index in [4.69, 9.17) is 4.74 Å². The van der Waals surface area contributed by atoms with Crippen LogP contribution in [0.25, 0.3) is 0 Å². The van der Waals surface area contributed by atoms with Crippen molar-refractivity contribution in [1.29, 1.82) is 0 Å². The third kappa shape index (κ3) is 4.47. The highest BCUT2D eigenvalue weighted by atomic mass is 32.1. The maximum absolute atomic E-state index is 12.6. The normalized spacial score (nSPS) is 17.3. The summed E-state index contributed by atoms with van der Waals surface area (Å²) in [6, 6.07) is 7.37. The van der Waals surface area contributed by atoms with Crippen LogP contribution in [0.15, 0.2) is 29.6 Å². The third-order valence-corrected chi connectivity index (χ3v) is 5.22. The summed E-state index contributed by atoms with van der Waals surface area (Å²) in [5.41, 5.74) is 1.66. The van der Waals surface area contributed by atoms with Gasteiger partial charge < -0.3 is 15.0 Å². The van der Waals surface area contributed by atoms with Gasteiger partial charge in [-0.25, -0.2) is 4.98 Å². The fourth-order valence-electron chi connectivity index (χ4n) is 2.90. The number of carbonyl (C=O) groups is 2. The second-order valence-electron chi connectivity index (χ2n) is 7.61. The molecule has 0 radical (unpaired) electrons. The lowest BCUT2D eigenvalue weighted by molar-refractivity contribution is -0.122. The lowest BCUT2D eigenvalue weighted by atomic mass is 9.93. The van der Waals surface area contributed by atoms with Crippen LogP contribution in [0.3, 0.4) is 0 Å². The number of hydrogen-bond acceptors (Lipinski definition) is 5. The zero-order valence-electron chi connectivity index (χ0n) is 16.1. The number of anilines is 2. The van der Waals surface area contributed by atoms with E-state index in [9.17, 15) is 9.59 Å². The summed E-state index contributed by atoms with van der Waals surface area (Å²) in [5, 5.41) is 5.40. The number of rotatable bonds is 5. The number of nitrogens with zero attached hydrogens (tertiary/aromatic N) is 2. The fourth-order valence-corrected chi connectivity index (χ4v) is 3.84. The van der Waals surface area contributed by atoms with E-state index in [0.717, 1.165) is 17.1 Å². The molecule has 1 aromatic heterocycles. The van der Waals surface area contributed by atoms with E-state index in [1.54, 1.807) is 4.90 Å². The van der Waals surface area contributed by atoms with Gasteiger partial charge in [-0.3, -0.25) is 9.59 Å². The smallest absolute Gasteiger partial charge is 0.231 e. The molecular formula is C20H25N3O3S. The molecule has 2 heterocycles. The molecule has 1 aliphatic rings. The first-order chi connectivity index (χ1) is 12.8. The number of thiazole rings is 1. The van der Waals surface area contributed by atoms with E-state index in [2.05, 4.69) is 31.1 Å². The zero-order valence-corrected chi connectivity index (χ0v) is 16.9. The number of nitrogens with one attached hydrogen (secondary N) is 1. The summed E-state index contributed by atoms with van der Waals surface area (Å²) in [5.74, 6) is 0.173. The van der Waals surface area contributed by atoms with Crippen LogP contribution in [0, 0.1) is 5.92 Å². The second-order valence-corrected chi connectivity index (χ2v) is 8.47. The van der Waals surface area contributed by atoms with Crippen LogP contribution in [0.5, 0.6) is 5.75 Å². The molecule has 7 heteroatoms. The highest BCUT2D eigenvalue weighted by Gasteiger charge is 2.35. The van der Waals surface area contributed by atoms with Crippen molar-refractivity contribution in [2.75, 3.05) is 23.4 Å². The predicted octanol–water partition coefficient (Wildman–Crippen LogP) is 3.83. The molecule has 1 fully saturated rings. The van der Waals surface area contributed by atoms with Gasteiger partial charge in [0.2, 0.25) is 11.8 Å². The monoisotopic (exact) mass is 387 g/mol. The number of amides is 2. The van der Waals surface area contributed by atoms with Crippen molar-refractivity contribution in [3.05, 3.63) is 35.3 Å². The lowest BCUT2D eigenvalue weighted by Gasteiger charge is -2.17. The van der Waals surface area contributed by atoms with Gasteiger partial charge in [0.05, 0.1) is 18.2 Å². The maximum atomic E-state index is 12.6. The van der Waals surface area contributed by atoms with Crippen LogP contribution < -0.4 is 15.0 Å². The molecule has 0 bridgehead atoms. The van der Waals surface area contributed by atoms with E-state index < -0.39 is 0 Å². The Kier molecular flexibility index (Phi) is 5.51. The Morgan fingerprint density at radius 3 is 2.63 bits per heavy atom. The topological polar surface area (TPSA) is 71.5 Å². The average Bonchev–Trinajstić information content (AvgIpc) is 3.22. The largest absolute Gasteiger partial charge is 0.494 e. The van der Waals surface area contributed by atoms with Crippen LogP contribution in [0.1, 0.15) is 39.8 Å². The van der Waals surface area contributed by atoms with E-state index in [1.807, 2.05) is 36.6 Å². The molecule has 0 saturated carbocycles. The molecule has 0 unspecified atom stereocenters. The SMILES string of the molecule is CCOc1ccc(N2C[C@@H](C(=O)Nc3nc(C(C)(C)C)cs3)CC2=O)cc1. The van der Waals surface area contributed by atoms with Gasteiger partial charge >= 0.3 is 0 Å². The summed E-state index contributed by atoms with van der Waals surface area (Å²) in [6.45, 7) is 9.13. The van der Waals surface area contributed by atoms with Gasteiger partial charge in [0.15, 0.2) is 5.13 Å². The van der Waals surface area contributed by atoms with Gasteiger partial charge in [0.1, 0.15) is 5.75 Å². The Labute approximate surface area is 163 Å². The highest BCUT2D eigenvalue weighted by molar-refractivity contribution is 7.13. The Morgan fingerprint density at radius 2 is 2.04 bits per heavy atom. The molecule has 1 saturated heterocycles. The van der Waals surface area contributed by atoms with Gasteiger partial charge in [0.25, 0.3) is 0 Å². The predicted molar refractivity (Wildman–Crippen MR) is 108 cm³/mol. The maximum Gasteiger partial charge on any atom is 0.231 e. The minimum absolute atomic E-state index is 0.0474. The second kappa shape index (κ2) is 7.68. The first kappa shape index (κ1) is 19.4. The average molecular weight is 388 g/mol. The van der Waals surface area contributed by atoms with Gasteiger partial charge in [-0.05, 0) is 31.2 Å². The molecule has 2 aromatic rings. The molecule has 27 heavy (non-hydrogen) atoms. The molecule has 0 spiro atoms. The van der Waals surface area contributed by atoms with Crippen LogP contribution in [0.2, 0.25) is 0 Å². The summed E-state index contributed by atoms with van der Waals surface area (Å²) in [7, 11) is 0. The number of hydrogen-bond donors (Lipinski definition) is 1. The van der Waals surface area contributed by atoms with E-state index in [1.165, 1.54) is 11.3 Å². The molecule has 1 aromatic carbocycles. The van der Waals surface area contributed by atoms with Crippen molar-refractivity contribution in [3.63, 3.8) is 0 Å². The first-order valence-corrected chi connectivity index (χ1v) is 9.96. The standard InChI is InChI=1S/C20H25N3O3S/c1-5-26-15-8-6-14(7-9-15)23-11-13(10-17(23)24)18(25)22-19-21-16(12-27-19)20(2,3)4/h6-9,12-13H,5,10-11H2,1-4H3,(H,21,22,25)/t13-/m0/s1. The first-order valence-electron chi connectivity index (χ1n) is 9.08. The van der Waals surface area contributed by atoms with Crippen molar-refractivity contribution < 1.29 is 14.3 Å². The molecule has 6 nitrogen and oxygen atoms in total. The Balaban J connectivity index is 1.64. The van der Waals surface area contributed by atoms with Crippen molar-refractivity contribution >= 4 is 34.0 Å². The molecule has 1 N–H and O–H groups in total. The number of aromatic nitrogens is 1. The van der Waals surface area contributed by atoms with E-state index in [-0.39, 0.29) is 29.6 Å². The van der Waals surface area contributed by atoms with Crippen LogP contribution in [-0.2, 0) is 15.0 Å². The van der Waals surface area contributed by atoms with E-state index in [0.29, 0.717) is 18.3 Å². The quantitative estimate of drug-likeness (QED) is 0.846. The summed E-state index contributed by atoms with van der Waals surface area (Å²) in [4.78, 5) is 31.1. The highest BCUT2D eigenvalue weighted by Crippen LogP contribution is 2.29. The molecule has 1 aliphatic heterocycles. The van der Waals surface area contributed by atoms with Gasteiger partial charge in [-0.2, -0.15) is 0 Å². The van der Waals surface area contributed by atoms with Gasteiger partial charge in [-0.1, -0.05) is 20.8 Å². The minimum atomic E-state index is -0.383. The van der Waals surface area contributed by atoms with Crippen molar-refractivity contribution in [2.45, 2.75) is 39.5 Å². The molecule has 2 amide bonds. The fraction of sp³-hybridized carbons (Fsp3) is 0.450. The molecule has 1 atom stereocenters. The van der Waals surface area contributed by atoms with Gasteiger partial charge in [-0.15, -0.1) is 11.3 Å². The zero-order chi connectivity index (χ0) is 19.6. The van der Waals surface area contributed by atoms with Crippen LogP contribution in [-0.4, -0.2) is 29.9 Å². The summed E-state index contributed by atoms with van der Waals surface area (Å²) in [6.07, 6.45) is 0.205. The third-order valence-electron chi connectivity index (χ3n) is 4.46.